The summed E-state index contributed by atoms with van der Waals surface area (Å²) in [6, 6.07) is 18.6. The summed E-state index contributed by atoms with van der Waals surface area (Å²) in [6.45, 7) is 2.38. The number of fused-ring (bicyclic) bond motifs is 1. The lowest BCUT2D eigenvalue weighted by molar-refractivity contribution is -0.122. The summed E-state index contributed by atoms with van der Waals surface area (Å²) in [7, 11) is 0. The van der Waals surface area contributed by atoms with Crippen LogP contribution in [-0.4, -0.2) is 29.7 Å². The normalized spacial score (nSPS) is 16.7. The lowest BCUT2D eigenvalue weighted by Crippen LogP contribution is -2.49. The van der Waals surface area contributed by atoms with E-state index in [4.69, 9.17) is 0 Å². The number of amides is 1. The van der Waals surface area contributed by atoms with Crippen molar-refractivity contribution in [3.8, 4) is 0 Å². The molecule has 0 bridgehead atoms. The van der Waals surface area contributed by atoms with Crippen LogP contribution in [0.2, 0.25) is 0 Å². The zero-order valence-electron chi connectivity index (χ0n) is 20.6. The molecule has 36 heavy (non-hydrogen) atoms. The summed E-state index contributed by atoms with van der Waals surface area (Å²) >= 11 is 0. The second kappa shape index (κ2) is 12.2. The van der Waals surface area contributed by atoms with Crippen molar-refractivity contribution in [2.45, 2.75) is 63.6 Å². The van der Waals surface area contributed by atoms with Crippen molar-refractivity contribution in [3.63, 3.8) is 0 Å². The summed E-state index contributed by atoms with van der Waals surface area (Å²) in [5, 5.41) is 17.5. The topological polar surface area (TPSA) is 61.4 Å². The van der Waals surface area contributed by atoms with Crippen molar-refractivity contribution in [2.75, 3.05) is 6.54 Å². The van der Waals surface area contributed by atoms with Crippen molar-refractivity contribution in [2.24, 2.45) is 0 Å². The summed E-state index contributed by atoms with van der Waals surface area (Å²) in [5.74, 6) is -1.62. The van der Waals surface area contributed by atoms with Gasteiger partial charge >= 0.3 is 0 Å². The lowest BCUT2D eigenvalue weighted by Gasteiger charge is -2.30. The van der Waals surface area contributed by atoms with Crippen molar-refractivity contribution >= 4 is 5.91 Å². The fraction of sp³-hybridized carbons (Fsp3) is 0.367. The van der Waals surface area contributed by atoms with E-state index in [9.17, 15) is 18.7 Å². The lowest BCUT2D eigenvalue weighted by atomic mass is 9.86. The van der Waals surface area contributed by atoms with Gasteiger partial charge in [-0.3, -0.25) is 4.79 Å². The quantitative estimate of drug-likeness (QED) is 0.380. The Hall–Kier alpha value is -3.09. The van der Waals surface area contributed by atoms with Gasteiger partial charge in [0, 0.05) is 18.7 Å². The fourth-order valence-corrected chi connectivity index (χ4v) is 4.99. The fourth-order valence-electron chi connectivity index (χ4n) is 4.99. The second-order valence-electron chi connectivity index (χ2n) is 9.63. The summed E-state index contributed by atoms with van der Waals surface area (Å²) in [5.41, 5.74) is 5.11. The van der Waals surface area contributed by atoms with Gasteiger partial charge in [-0.2, -0.15) is 0 Å². The van der Waals surface area contributed by atoms with Crippen molar-refractivity contribution in [1.82, 2.24) is 10.6 Å². The number of aliphatic hydroxyl groups is 1. The Kier molecular flexibility index (Phi) is 8.83. The zero-order chi connectivity index (χ0) is 25.5. The molecule has 0 saturated carbocycles. The van der Waals surface area contributed by atoms with Gasteiger partial charge in [-0.15, -0.1) is 0 Å². The molecule has 0 unspecified atom stereocenters. The van der Waals surface area contributed by atoms with Gasteiger partial charge < -0.3 is 15.7 Å². The minimum Gasteiger partial charge on any atom is -0.390 e. The molecule has 0 fully saturated rings. The Balaban J connectivity index is 1.47. The Bertz CT molecular complexity index is 1150. The van der Waals surface area contributed by atoms with Gasteiger partial charge in [0.15, 0.2) is 0 Å². The van der Waals surface area contributed by atoms with E-state index in [-0.39, 0.29) is 31.3 Å². The average Bonchev–Trinajstić information content (AvgIpc) is 2.86. The first-order valence-electron chi connectivity index (χ1n) is 12.7. The molecule has 1 aliphatic rings. The number of carbonyl (C=O) groups excluding carboxylic acids is 1. The van der Waals surface area contributed by atoms with Gasteiger partial charge in [-0.25, -0.2) is 8.78 Å². The summed E-state index contributed by atoms with van der Waals surface area (Å²) < 4.78 is 27.6. The maximum absolute atomic E-state index is 13.8. The molecule has 3 atom stereocenters. The molecule has 0 aromatic heterocycles. The van der Waals surface area contributed by atoms with Gasteiger partial charge in [0.1, 0.15) is 11.6 Å². The molecule has 0 saturated heterocycles. The molecular formula is C30H34F2N2O2. The van der Waals surface area contributed by atoms with E-state index >= 15 is 0 Å². The number of rotatable bonds is 10. The number of aliphatic hydroxyl groups excluding tert-OH is 1. The largest absolute Gasteiger partial charge is 0.390 e. The Morgan fingerprint density at radius 3 is 2.47 bits per heavy atom. The first-order chi connectivity index (χ1) is 17.4. The van der Waals surface area contributed by atoms with Crippen molar-refractivity contribution in [1.29, 1.82) is 0 Å². The predicted molar refractivity (Wildman–Crippen MR) is 138 cm³/mol. The molecule has 4 nitrogen and oxygen atoms in total. The molecule has 3 N–H and O–H groups in total. The third-order valence-corrected chi connectivity index (χ3v) is 6.90. The van der Waals surface area contributed by atoms with Gasteiger partial charge in [0.2, 0.25) is 5.91 Å². The molecule has 4 rings (SSSR count). The van der Waals surface area contributed by atoms with Crippen LogP contribution in [0.5, 0.6) is 0 Å². The smallest absolute Gasteiger partial charge is 0.224 e. The van der Waals surface area contributed by atoms with E-state index < -0.39 is 23.8 Å². The molecule has 3 aromatic rings. The maximum atomic E-state index is 13.8. The molecule has 1 aliphatic carbocycles. The third kappa shape index (κ3) is 6.99. The number of benzene rings is 3. The van der Waals surface area contributed by atoms with Gasteiger partial charge in [-0.05, 0) is 72.1 Å². The summed E-state index contributed by atoms with van der Waals surface area (Å²) in [4.78, 5) is 12.8. The molecular weight excluding hydrogens is 458 g/mol. The number of hydrogen-bond acceptors (Lipinski definition) is 3. The number of aryl methyl sites for hydroxylation is 2. The SMILES string of the molecule is CCc1ccc2c(c1)[C@H](NC[C@H](O)[C@H](Cc1cc(F)cc(F)c1)NC(=O)Cc1ccccc1)CCC2. The first-order valence-corrected chi connectivity index (χ1v) is 12.7. The third-order valence-electron chi connectivity index (χ3n) is 6.90. The maximum Gasteiger partial charge on any atom is 0.224 e. The Morgan fingerprint density at radius 1 is 1.00 bits per heavy atom. The van der Waals surface area contributed by atoms with Crippen LogP contribution in [0, 0.1) is 11.6 Å². The monoisotopic (exact) mass is 492 g/mol. The van der Waals surface area contributed by atoms with E-state index in [1.54, 1.807) is 0 Å². The van der Waals surface area contributed by atoms with Gasteiger partial charge in [0.05, 0.1) is 18.6 Å². The van der Waals surface area contributed by atoms with Crippen LogP contribution >= 0.6 is 0 Å². The molecule has 0 heterocycles. The van der Waals surface area contributed by atoms with Crippen LogP contribution in [0.4, 0.5) is 8.78 Å². The molecule has 6 heteroatoms. The zero-order valence-corrected chi connectivity index (χ0v) is 20.6. The standard InChI is InChI=1S/C30H34F2N2O2/c1-2-20-11-12-23-9-6-10-27(26(23)15-20)33-19-29(35)28(16-22-13-24(31)18-25(32)14-22)34-30(36)17-21-7-4-3-5-8-21/h3-5,7-8,11-15,18,27-29,33,35H,2,6,9-10,16-17,19H2,1H3,(H,34,36)/t27-,28+,29+/m1/s1. The van der Waals surface area contributed by atoms with Crippen LogP contribution in [0.25, 0.3) is 0 Å². The number of halogens is 2. The highest BCUT2D eigenvalue weighted by atomic mass is 19.1. The van der Waals surface area contributed by atoms with Gasteiger partial charge in [-0.1, -0.05) is 55.5 Å². The van der Waals surface area contributed by atoms with Crippen molar-refractivity contribution in [3.05, 3.63) is 106 Å². The minimum atomic E-state index is -0.948. The highest BCUT2D eigenvalue weighted by Crippen LogP contribution is 2.30. The molecule has 0 radical (unpaired) electrons. The molecule has 0 spiro atoms. The van der Waals surface area contributed by atoms with Crippen LogP contribution < -0.4 is 10.6 Å². The van der Waals surface area contributed by atoms with Crippen molar-refractivity contribution < 1.29 is 18.7 Å². The van der Waals surface area contributed by atoms with E-state index in [0.717, 1.165) is 37.3 Å². The van der Waals surface area contributed by atoms with E-state index in [1.165, 1.54) is 28.8 Å². The average molecular weight is 493 g/mol. The predicted octanol–water partition coefficient (Wildman–Crippen LogP) is 4.83. The Labute approximate surface area is 211 Å². The first kappa shape index (κ1) is 26.0. The molecule has 1 amide bonds. The summed E-state index contributed by atoms with van der Waals surface area (Å²) in [6.07, 6.45) is 3.35. The minimum absolute atomic E-state index is 0.110. The van der Waals surface area contributed by atoms with Crippen LogP contribution in [0.1, 0.15) is 53.6 Å². The number of carbonyl (C=O) groups is 1. The second-order valence-corrected chi connectivity index (χ2v) is 9.63. The Morgan fingerprint density at radius 2 is 1.75 bits per heavy atom. The van der Waals surface area contributed by atoms with E-state index in [1.807, 2.05) is 30.3 Å². The van der Waals surface area contributed by atoms with Crippen LogP contribution in [-0.2, 0) is 30.5 Å². The highest BCUT2D eigenvalue weighted by Gasteiger charge is 2.26. The van der Waals surface area contributed by atoms with E-state index in [2.05, 4.69) is 35.8 Å². The number of hydrogen-bond donors (Lipinski definition) is 3. The van der Waals surface area contributed by atoms with Crippen LogP contribution in [0.15, 0.2) is 66.7 Å². The highest BCUT2D eigenvalue weighted by molar-refractivity contribution is 5.79. The van der Waals surface area contributed by atoms with E-state index in [0.29, 0.717) is 5.56 Å². The molecule has 190 valence electrons. The van der Waals surface area contributed by atoms with Gasteiger partial charge in [0.25, 0.3) is 0 Å². The molecule has 0 aliphatic heterocycles. The van der Waals surface area contributed by atoms with Crippen LogP contribution in [0.3, 0.4) is 0 Å². The molecule has 3 aromatic carbocycles. The number of nitrogens with one attached hydrogen (secondary N) is 2.